The molecule has 5 nitrogen and oxygen atoms in total. The molecule has 0 radical (unpaired) electrons. The molecule has 0 aromatic carbocycles. The van der Waals surface area contributed by atoms with Crippen molar-refractivity contribution in [3.05, 3.63) is 17.5 Å². The van der Waals surface area contributed by atoms with Crippen LogP contribution in [0.3, 0.4) is 0 Å². The Morgan fingerprint density at radius 1 is 1.65 bits per heavy atom. The van der Waals surface area contributed by atoms with Gasteiger partial charge in [-0.2, -0.15) is 5.10 Å². The van der Waals surface area contributed by atoms with E-state index in [9.17, 15) is 4.79 Å². The zero-order valence-electron chi connectivity index (χ0n) is 12.8. The molecule has 1 aliphatic carbocycles. The van der Waals surface area contributed by atoms with Crippen LogP contribution in [0.1, 0.15) is 55.6 Å². The van der Waals surface area contributed by atoms with Crippen molar-refractivity contribution in [2.75, 3.05) is 6.54 Å². The van der Waals surface area contributed by atoms with Gasteiger partial charge in [-0.05, 0) is 25.2 Å². The summed E-state index contributed by atoms with van der Waals surface area (Å²) in [6.07, 6.45) is 6.86. The highest BCUT2D eigenvalue weighted by molar-refractivity contribution is 5.95. The van der Waals surface area contributed by atoms with E-state index in [0.29, 0.717) is 18.0 Å². The van der Waals surface area contributed by atoms with Crippen LogP contribution in [-0.2, 0) is 13.5 Å². The highest BCUT2D eigenvalue weighted by Gasteiger charge is 2.35. The molecular weight excluding hydrogens is 252 g/mol. The first-order valence-electron chi connectivity index (χ1n) is 7.55. The number of nitrogens with one attached hydrogen (secondary N) is 1. The maximum Gasteiger partial charge on any atom is 0.255 e. The number of hydrogen-bond donors (Lipinski definition) is 2. The molecular formula is C15H26N4O. The minimum absolute atomic E-state index is 0.0329. The van der Waals surface area contributed by atoms with E-state index in [1.165, 1.54) is 6.42 Å². The van der Waals surface area contributed by atoms with Gasteiger partial charge in [-0.3, -0.25) is 9.48 Å². The number of nitrogens with zero attached hydrogens (tertiary/aromatic N) is 2. The second kappa shape index (κ2) is 5.95. The number of carbonyl (C=O) groups excluding carboxylic acids is 1. The maximum absolute atomic E-state index is 12.6. The summed E-state index contributed by atoms with van der Waals surface area (Å²) >= 11 is 0. The molecule has 1 saturated carbocycles. The Morgan fingerprint density at radius 3 is 3.00 bits per heavy atom. The standard InChI is InChI=1S/C15H26N4O/c1-4-13-12(9-19(3)18-13)14(20)17-15(10-16)7-5-6-11(2)8-15/h9,11H,4-8,10,16H2,1-3H3,(H,17,20). The van der Waals surface area contributed by atoms with Gasteiger partial charge in [-0.15, -0.1) is 0 Å². The lowest BCUT2D eigenvalue weighted by Crippen LogP contribution is -2.56. The third kappa shape index (κ3) is 3.03. The molecule has 0 aliphatic heterocycles. The van der Waals surface area contributed by atoms with Gasteiger partial charge in [-0.1, -0.05) is 26.7 Å². The summed E-state index contributed by atoms with van der Waals surface area (Å²) in [6, 6.07) is 0. The summed E-state index contributed by atoms with van der Waals surface area (Å²) in [7, 11) is 1.84. The number of aromatic nitrogens is 2. The molecule has 1 fully saturated rings. The molecule has 5 heteroatoms. The maximum atomic E-state index is 12.6. The number of nitrogens with two attached hydrogens (primary N) is 1. The van der Waals surface area contributed by atoms with Gasteiger partial charge in [0, 0.05) is 19.8 Å². The van der Waals surface area contributed by atoms with E-state index in [1.807, 2.05) is 14.0 Å². The second-order valence-corrected chi connectivity index (χ2v) is 6.16. The monoisotopic (exact) mass is 278 g/mol. The van der Waals surface area contributed by atoms with Crippen molar-refractivity contribution < 1.29 is 4.79 Å². The largest absolute Gasteiger partial charge is 0.345 e. The van der Waals surface area contributed by atoms with E-state index in [1.54, 1.807) is 10.9 Å². The van der Waals surface area contributed by atoms with Crippen molar-refractivity contribution >= 4 is 5.91 Å². The van der Waals surface area contributed by atoms with E-state index in [-0.39, 0.29) is 11.4 Å². The lowest BCUT2D eigenvalue weighted by Gasteiger charge is -2.40. The summed E-state index contributed by atoms with van der Waals surface area (Å²) in [6.45, 7) is 4.75. The fourth-order valence-corrected chi connectivity index (χ4v) is 3.30. The zero-order valence-corrected chi connectivity index (χ0v) is 12.8. The van der Waals surface area contributed by atoms with Crippen molar-refractivity contribution in [2.24, 2.45) is 18.7 Å². The molecule has 112 valence electrons. The van der Waals surface area contributed by atoms with E-state index < -0.39 is 0 Å². The summed E-state index contributed by atoms with van der Waals surface area (Å²) in [5, 5.41) is 7.53. The quantitative estimate of drug-likeness (QED) is 0.879. The fraction of sp³-hybridized carbons (Fsp3) is 0.733. The van der Waals surface area contributed by atoms with Gasteiger partial charge in [0.1, 0.15) is 0 Å². The van der Waals surface area contributed by atoms with Gasteiger partial charge >= 0.3 is 0 Å². The van der Waals surface area contributed by atoms with Crippen LogP contribution in [0.2, 0.25) is 0 Å². The van der Waals surface area contributed by atoms with Crippen LogP contribution >= 0.6 is 0 Å². The second-order valence-electron chi connectivity index (χ2n) is 6.16. The third-order valence-corrected chi connectivity index (χ3v) is 4.35. The normalized spacial score (nSPS) is 26.5. The van der Waals surface area contributed by atoms with Crippen LogP contribution in [-0.4, -0.2) is 27.8 Å². The molecule has 1 aromatic heterocycles. The molecule has 1 aromatic rings. The molecule has 1 amide bonds. The summed E-state index contributed by atoms with van der Waals surface area (Å²) in [5.41, 5.74) is 7.26. The molecule has 0 bridgehead atoms. The topological polar surface area (TPSA) is 72.9 Å². The fourth-order valence-electron chi connectivity index (χ4n) is 3.30. The van der Waals surface area contributed by atoms with Gasteiger partial charge in [0.15, 0.2) is 0 Å². The number of amides is 1. The number of hydrogen-bond acceptors (Lipinski definition) is 3. The zero-order chi connectivity index (χ0) is 14.8. The first-order valence-corrected chi connectivity index (χ1v) is 7.55. The highest BCUT2D eigenvalue weighted by atomic mass is 16.1. The van der Waals surface area contributed by atoms with Crippen molar-refractivity contribution in [1.82, 2.24) is 15.1 Å². The van der Waals surface area contributed by atoms with Gasteiger partial charge < -0.3 is 11.1 Å². The van der Waals surface area contributed by atoms with Crippen molar-refractivity contribution in [2.45, 2.75) is 51.5 Å². The molecule has 2 unspecified atom stereocenters. The Labute approximate surface area is 120 Å². The number of carbonyl (C=O) groups is 1. The van der Waals surface area contributed by atoms with Crippen molar-refractivity contribution in [1.29, 1.82) is 0 Å². The molecule has 0 saturated heterocycles. The first-order chi connectivity index (χ1) is 9.49. The number of aryl methyl sites for hydroxylation is 2. The average Bonchev–Trinajstić information content (AvgIpc) is 2.80. The summed E-state index contributed by atoms with van der Waals surface area (Å²) < 4.78 is 1.70. The van der Waals surface area contributed by atoms with Crippen molar-refractivity contribution in [3.8, 4) is 0 Å². The van der Waals surface area contributed by atoms with E-state index >= 15 is 0 Å². The number of rotatable bonds is 4. The molecule has 2 rings (SSSR count). The Morgan fingerprint density at radius 2 is 2.40 bits per heavy atom. The Bertz CT molecular complexity index is 482. The van der Waals surface area contributed by atoms with Crippen LogP contribution in [0.5, 0.6) is 0 Å². The summed E-state index contributed by atoms with van der Waals surface area (Å²) in [4.78, 5) is 12.6. The molecule has 0 spiro atoms. The van der Waals surface area contributed by atoms with Crippen LogP contribution in [0, 0.1) is 5.92 Å². The Balaban J connectivity index is 2.16. The highest BCUT2D eigenvalue weighted by Crippen LogP contribution is 2.31. The average molecular weight is 278 g/mol. The van der Waals surface area contributed by atoms with E-state index in [4.69, 9.17) is 5.73 Å². The Hall–Kier alpha value is -1.36. The van der Waals surface area contributed by atoms with Crippen LogP contribution in [0.4, 0.5) is 0 Å². The van der Waals surface area contributed by atoms with Gasteiger partial charge in [-0.25, -0.2) is 0 Å². The van der Waals surface area contributed by atoms with Crippen LogP contribution < -0.4 is 11.1 Å². The molecule has 2 atom stereocenters. The van der Waals surface area contributed by atoms with Gasteiger partial charge in [0.25, 0.3) is 5.91 Å². The smallest absolute Gasteiger partial charge is 0.255 e. The van der Waals surface area contributed by atoms with Crippen molar-refractivity contribution in [3.63, 3.8) is 0 Å². The summed E-state index contributed by atoms with van der Waals surface area (Å²) in [5.74, 6) is 0.585. The van der Waals surface area contributed by atoms with Gasteiger partial charge in [0.05, 0.1) is 16.8 Å². The Kier molecular flexibility index (Phi) is 4.48. The molecule has 1 aliphatic rings. The first kappa shape index (κ1) is 15.0. The van der Waals surface area contributed by atoms with Crippen LogP contribution in [0.25, 0.3) is 0 Å². The van der Waals surface area contributed by atoms with E-state index in [2.05, 4.69) is 17.3 Å². The minimum atomic E-state index is -0.240. The molecule has 1 heterocycles. The lowest BCUT2D eigenvalue weighted by molar-refractivity contribution is 0.0853. The third-order valence-electron chi connectivity index (χ3n) is 4.35. The SMILES string of the molecule is CCc1nn(C)cc1C(=O)NC1(CN)CCCC(C)C1. The van der Waals surface area contributed by atoms with Crippen LogP contribution in [0.15, 0.2) is 6.20 Å². The van der Waals surface area contributed by atoms with Gasteiger partial charge in [0.2, 0.25) is 0 Å². The lowest BCUT2D eigenvalue weighted by atomic mass is 9.76. The predicted molar refractivity (Wildman–Crippen MR) is 79.5 cm³/mol. The predicted octanol–water partition coefficient (Wildman–Crippen LogP) is 1.62. The van der Waals surface area contributed by atoms with E-state index in [0.717, 1.165) is 31.4 Å². The molecule has 3 N–H and O–H groups in total. The minimum Gasteiger partial charge on any atom is -0.345 e. The molecule has 20 heavy (non-hydrogen) atoms.